The van der Waals surface area contributed by atoms with Gasteiger partial charge in [-0.1, -0.05) is 12.1 Å². The van der Waals surface area contributed by atoms with E-state index in [1.54, 1.807) is 18.6 Å². The van der Waals surface area contributed by atoms with E-state index in [0.29, 0.717) is 12.4 Å². The summed E-state index contributed by atoms with van der Waals surface area (Å²) in [4.78, 5) is 3.99. The highest BCUT2D eigenvalue weighted by molar-refractivity contribution is 5.71. The maximum absolute atomic E-state index is 13.3. The largest absolute Gasteiger partial charge is 0.496 e. The fourth-order valence-corrected chi connectivity index (χ4v) is 2.34. The summed E-state index contributed by atoms with van der Waals surface area (Å²) < 4.78 is 26.3. The van der Waals surface area contributed by atoms with Gasteiger partial charge in [-0.15, -0.1) is 0 Å². The summed E-state index contributed by atoms with van der Waals surface area (Å²) in [6.45, 7) is 1.27. The van der Waals surface area contributed by atoms with Gasteiger partial charge in [0.1, 0.15) is 23.9 Å². The van der Waals surface area contributed by atoms with Gasteiger partial charge in [-0.05, 0) is 29.8 Å². The molecule has 23 heavy (non-hydrogen) atoms. The number of halogens is 1. The van der Waals surface area contributed by atoms with Crippen LogP contribution in [-0.4, -0.2) is 23.3 Å². The Balaban J connectivity index is 1.74. The highest BCUT2D eigenvalue weighted by Crippen LogP contribution is 2.32. The van der Waals surface area contributed by atoms with E-state index in [1.807, 2.05) is 35.0 Å². The Hall–Kier alpha value is -2.82. The Morgan fingerprint density at radius 2 is 2.09 bits per heavy atom. The van der Waals surface area contributed by atoms with Crippen LogP contribution < -0.4 is 9.47 Å². The van der Waals surface area contributed by atoms with Crippen LogP contribution in [0.1, 0.15) is 0 Å². The van der Waals surface area contributed by atoms with Crippen molar-refractivity contribution in [1.82, 2.24) is 9.55 Å². The van der Waals surface area contributed by atoms with E-state index < -0.39 is 0 Å². The van der Waals surface area contributed by atoms with Crippen molar-refractivity contribution in [1.29, 1.82) is 0 Å². The smallest absolute Gasteiger partial charge is 0.129 e. The van der Waals surface area contributed by atoms with Crippen molar-refractivity contribution in [3.05, 3.63) is 67.0 Å². The molecule has 3 aromatic rings. The minimum Gasteiger partial charge on any atom is -0.496 e. The Labute approximate surface area is 134 Å². The first-order valence-corrected chi connectivity index (χ1v) is 7.29. The zero-order valence-corrected chi connectivity index (χ0v) is 12.8. The molecule has 0 aliphatic rings. The van der Waals surface area contributed by atoms with Crippen LogP contribution in [0, 0.1) is 5.82 Å². The highest BCUT2D eigenvalue weighted by atomic mass is 19.1. The summed E-state index contributed by atoms with van der Waals surface area (Å²) >= 11 is 0. The maximum Gasteiger partial charge on any atom is 0.129 e. The predicted molar refractivity (Wildman–Crippen MR) is 86.1 cm³/mol. The molecule has 0 N–H and O–H groups in total. The van der Waals surface area contributed by atoms with Crippen LogP contribution in [0.2, 0.25) is 0 Å². The molecular formula is C18H17FN2O2. The minimum absolute atomic E-state index is 0.321. The predicted octanol–water partition coefficient (Wildman–Crippen LogP) is 3.78. The first kappa shape index (κ1) is 15.1. The summed E-state index contributed by atoms with van der Waals surface area (Å²) in [7, 11) is 1.53. The highest BCUT2D eigenvalue weighted by Gasteiger charge is 2.08. The Morgan fingerprint density at radius 3 is 2.87 bits per heavy atom. The normalized spacial score (nSPS) is 10.5. The second kappa shape index (κ2) is 6.96. The lowest BCUT2D eigenvalue weighted by Gasteiger charge is -2.11. The van der Waals surface area contributed by atoms with E-state index in [2.05, 4.69) is 4.98 Å². The zero-order valence-electron chi connectivity index (χ0n) is 12.8. The lowest BCUT2D eigenvalue weighted by Crippen LogP contribution is -2.06. The molecule has 1 heterocycles. The van der Waals surface area contributed by atoms with Crippen LogP contribution in [-0.2, 0) is 6.54 Å². The van der Waals surface area contributed by atoms with Gasteiger partial charge in [0.2, 0.25) is 0 Å². The molecule has 0 atom stereocenters. The SMILES string of the molecule is COc1cc(F)ccc1-c1cccc(OCCn2ccnc2)c1. The lowest BCUT2D eigenvalue weighted by atomic mass is 10.0. The molecule has 5 heteroatoms. The number of imidazole rings is 1. The van der Waals surface area contributed by atoms with Crippen LogP contribution in [0.25, 0.3) is 11.1 Å². The quantitative estimate of drug-likeness (QED) is 0.695. The number of aromatic nitrogens is 2. The molecule has 0 amide bonds. The van der Waals surface area contributed by atoms with Crippen LogP contribution in [0.5, 0.6) is 11.5 Å². The summed E-state index contributed by atoms with van der Waals surface area (Å²) in [5.41, 5.74) is 1.75. The third-order valence-corrected chi connectivity index (χ3v) is 3.49. The Bertz CT molecular complexity index is 772. The van der Waals surface area contributed by atoms with Crippen molar-refractivity contribution in [3.8, 4) is 22.6 Å². The number of nitrogens with zero attached hydrogens (tertiary/aromatic N) is 2. The molecular weight excluding hydrogens is 295 g/mol. The van der Waals surface area contributed by atoms with E-state index in [1.165, 1.54) is 19.2 Å². The van der Waals surface area contributed by atoms with Gasteiger partial charge >= 0.3 is 0 Å². The summed E-state index contributed by atoms with van der Waals surface area (Å²) in [5, 5.41) is 0. The third-order valence-electron chi connectivity index (χ3n) is 3.49. The molecule has 0 radical (unpaired) electrons. The fraction of sp³-hybridized carbons (Fsp3) is 0.167. The van der Waals surface area contributed by atoms with E-state index in [4.69, 9.17) is 9.47 Å². The molecule has 2 aromatic carbocycles. The molecule has 0 saturated carbocycles. The van der Waals surface area contributed by atoms with Crippen molar-refractivity contribution in [3.63, 3.8) is 0 Å². The molecule has 0 fully saturated rings. The van der Waals surface area contributed by atoms with Gasteiger partial charge in [0.25, 0.3) is 0 Å². The van der Waals surface area contributed by atoms with Gasteiger partial charge < -0.3 is 14.0 Å². The molecule has 0 saturated heterocycles. The van der Waals surface area contributed by atoms with Gasteiger partial charge in [-0.25, -0.2) is 9.37 Å². The molecule has 0 aliphatic heterocycles. The summed E-state index contributed by atoms with van der Waals surface area (Å²) in [6.07, 6.45) is 5.38. The van der Waals surface area contributed by atoms with Crippen LogP contribution in [0.15, 0.2) is 61.2 Å². The molecule has 4 nitrogen and oxygen atoms in total. The molecule has 1 aromatic heterocycles. The summed E-state index contributed by atoms with van der Waals surface area (Å²) in [6, 6.07) is 12.2. The number of rotatable bonds is 6. The molecule has 0 spiro atoms. The van der Waals surface area contributed by atoms with Gasteiger partial charge in [0, 0.05) is 24.0 Å². The zero-order chi connectivity index (χ0) is 16.1. The summed E-state index contributed by atoms with van der Waals surface area (Å²) in [5.74, 6) is 0.938. The molecule has 0 aliphatic carbocycles. The maximum atomic E-state index is 13.3. The number of hydrogen-bond donors (Lipinski definition) is 0. The number of methoxy groups -OCH3 is 1. The van der Waals surface area contributed by atoms with E-state index in [9.17, 15) is 4.39 Å². The Morgan fingerprint density at radius 1 is 1.17 bits per heavy atom. The fourth-order valence-electron chi connectivity index (χ4n) is 2.34. The van der Waals surface area contributed by atoms with Crippen molar-refractivity contribution < 1.29 is 13.9 Å². The van der Waals surface area contributed by atoms with Gasteiger partial charge in [0.05, 0.1) is 20.0 Å². The van der Waals surface area contributed by atoms with E-state index in [0.717, 1.165) is 23.4 Å². The van der Waals surface area contributed by atoms with Crippen molar-refractivity contribution >= 4 is 0 Å². The lowest BCUT2D eigenvalue weighted by molar-refractivity contribution is 0.298. The van der Waals surface area contributed by atoms with Gasteiger partial charge in [-0.2, -0.15) is 0 Å². The minimum atomic E-state index is -0.321. The average molecular weight is 312 g/mol. The molecule has 118 valence electrons. The van der Waals surface area contributed by atoms with Crippen molar-refractivity contribution in [2.24, 2.45) is 0 Å². The van der Waals surface area contributed by atoms with E-state index >= 15 is 0 Å². The second-order valence-electron chi connectivity index (χ2n) is 5.02. The van der Waals surface area contributed by atoms with Gasteiger partial charge in [-0.3, -0.25) is 0 Å². The van der Waals surface area contributed by atoms with Gasteiger partial charge in [0.15, 0.2) is 0 Å². The molecule has 0 unspecified atom stereocenters. The first-order valence-electron chi connectivity index (χ1n) is 7.29. The third kappa shape index (κ3) is 3.69. The van der Waals surface area contributed by atoms with E-state index in [-0.39, 0.29) is 5.82 Å². The Kier molecular flexibility index (Phi) is 4.57. The monoisotopic (exact) mass is 312 g/mol. The number of hydrogen-bond acceptors (Lipinski definition) is 3. The molecule has 3 rings (SSSR count). The molecule has 0 bridgehead atoms. The van der Waals surface area contributed by atoms with Crippen molar-refractivity contribution in [2.45, 2.75) is 6.54 Å². The van der Waals surface area contributed by atoms with Crippen LogP contribution in [0.4, 0.5) is 4.39 Å². The topological polar surface area (TPSA) is 36.3 Å². The average Bonchev–Trinajstić information content (AvgIpc) is 3.08. The number of benzene rings is 2. The second-order valence-corrected chi connectivity index (χ2v) is 5.02. The first-order chi connectivity index (χ1) is 11.3. The standard InChI is InChI=1S/C18H17FN2O2/c1-22-18-12-15(19)5-6-17(18)14-3-2-4-16(11-14)23-10-9-21-8-7-20-13-21/h2-8,11-13H,9-10H2,1H3. The number of ether oxygens (including phenoxy) is 2. The van der Waals surface area contributed by atoms with Crippen molar-refractivity contribution in [2.75, 3.05) is 13.7 Å². The van der Waals surface area contributed by atoms with Crippen LogP contribution >= 0.6 is 0 Å². The van der Waals surface area contributed by atoms with Crippen LogP contribution in [0.3, 0.4) is 0 Å².